The van der Waals surface area contributed by atoms with Crippen molar-refractivity contribution in [2.24, 2.45) is 0 Å². The van der Waals surface area contributed by atoms with Crippen LogP contribution >= 0.6 is 11.6 Å². The first kappa shape index (κ1) is 11.2. The van der Waals surface area contributed by atoms with Crippen LogP contribution in [0.15, 0.2) is 12.1 Å². The van der Waals surface area contributed by atoms with Crippen LogP contribution in [-0.4, -0.2) is 13.1 Å². The maximum absolute atomic E-state index is 6.03. The van der Waals surface area contributed by atoms with Crippen molar-refractivity contribution >= 4 is 23.0 Å². The molecule has 0 saturated heterocycles. The molecule has 0 bridgehead atoms. The molecule has 0 fully saturated rings. The Kier molecular flexibility index (Phi) is 3.64. The predicted octanol–water partition coefficient (Wildman–Crippen LogP) is 3.08. The van der Waals surface area contributed by atoms with Crippen molar-refractivity contribution in [3.05, 3.63) is 22.7 Å². The number of halogens is 1. The molecule has 0 aliphatic carbocycles. The molecule has 0 aliphatic rings. The topological polar surface area (TPSA) is 29.3 Å². The lowest BCUT2D eigenvalue weighted by Crippen LogP contribution is -2.21. The SMILES string of the molecule is CCN(CC)c1cc(C)c(N)c(Cl)c1. The van der Waals surface area contributed by atoms with Crippen molar-refractivity contribution in [3.63, 3.8) is 0 Å². The maximum atomic E-state index is 6.03. The third-order valence-electron chi connectivity index (χ3n) is 2.45. The zero-order chi connectivity index (χ0) is 10.7. The fourth-order valence-corrected chi connectivity index (χ4v) is 1.77. The van der Waals surface area contributed by atoms with Crippen LogP contribution < -0.4 is 10.6 Å². The van der Waals surface area contributed by atoms with Crippen LogP contribution in [0, 0.1) is 6.92 Å². The smallest absolute Gasteiger partial charge is 0.0658 e. The van der Waals surface area contributed by atoms with Crippen molar-refractivity contribution in [3.8, 4) is 0 Å². The summed E-state index contributed by atoms with van der Waals surface area (Å²) < 4.78 is 0. The lowest BCUT2D eigenvalue weighted by molar-refractivity contribution is 0.866. The molecule has 14 heavy (non-hydrogen) atoms. The summed E-state index contributed by atoms with van der Waals surface area (Å²) in [5.74, 6) is 0. The summed E-state index contributed by atoms with van der Waals surface area (Å²) in [6.45, 7) is 8.20. The summed E-state index contributed by atoms with van der Waals surface area (Å²) in [7, 11) is 0. The molecule has 0 aliphatic heterocycles. The minimum absolute atomic E-state index is 0.645. The molecule has 1 aromatic rings. The monoisotopic (exact) mass is 212 g/mol. The van der Waals surface area contributed by atoms with Crippen LogP contribution in [0.2, 0.25) is 5.02 Å². The van der Waals surface area contributed by atoms with Gasteiger partial charge in [-0.25, -0.2) is 0 Å². The van der Waals surface area contributed by atoms with Gasteiger partial charge in [0.15, 0.2) is 0 Å². The lowest BCUT2D eigenvalue weighted by Gasteiger charge is -2.22. The van der Waals surface area contributed by atoms with E-state index in [0.29, 0.717) is 10.7 Å². The zero-order valence-corrected chi connectivity index (χ0v) is 9.73. The third kappa shape index (κ3) is 2.13. The molecular weight excluding hydrogens is 196 g/mol. The highest BCUT2D eigenvalue weighted by Gasteiger charge is 2.06. The molecule has 1 aromatic carbocycles. The van der Waals surface area contributed by atoms with E-state index in [1.165, 1.54) is 0 Å². The van der Waals surface area contributed by atoms with Gasteiger partial charge in [-0.05, 0) is 38.5 Å². The molecule has 0 radical (unpaired) electrons. The van der Waals surface area contributed by atoms with Crippen LogP contribution in [0.1, 0.15) is 19.4 Å². The Labute approximate surface area is 90.7 Å². The van der Waals surface area contributed by atoms with Crippen LogP contribution in [0.25, 0.3) is 0 Å². The van der Waals surface area contributed by atoms with E-state index in [0.717, 1.165) is 24.3 Å². The van der Waals surface area contributed by atoms with Crippen LogP contribution in [-0.2, 0) is 0 Å². The number of nitrogen functional groups attached to an aromatic ring is 1. The second-order valence-corrected chi connectivity index (χ2v) is 3.74. The average molecular weight is 213 g/mol. The number of nitrogens with two attached hydrogens (primary N) is 1. The van der Waals surface area contributed by atoms with Crippen molar-refractivity contribution in [2.45, 2.75) is 20.8 Å². The van der Waals surface area contributed by atoms with E-state index in [1.807, 2.05) is 13.0 Å². The van der Waals surface area contributed by atoms with Gasteiger partial charge in [0.1, 0.15) is 0 Å². The minimum Gasteiger partial charge on any atom is -0.397 e. The molecular formula is C11H17ClN2. The summed E-state index contributed by atoms with van der Waals surface area (Å²) in [5.41, 5.74) is 8.65. The Morgan fingerprint density at radius 3 is 2.29 bits per heavy atom. The Morgan fingerprint density at radius 2 is 1.86 bits per heavy atom. The number of rotatable bonds is 3. The molecule has 0 aromatic heterocycles. The van der Waals surface area contributed by atoms with Crippen molar-refractivity contribution in [1.29, 1.82) is 0 Å². The van der Waals surface area contributed by atoms with E-state index in [9.17, 15) is 0 Å². The second kappa shape index (κ2) is 4.56. The fourth-order valence-electron chi connectivity index (χ4n) is 1.51. The molecule has 3 heteroatoms. The second-order valence-electron chi connectivity index (χ2n) is 3.33. The average Bonchev–Trinajstić information content (AvgIpc) is 2.16. The number of hydrogen-bond donors (Lipinski definition) is 1. The molecule has 0 atom stereocenters. The van der Waals surface area contributed by atoms with E-state index in [4.69, 9.17) is 17.3 Å². The quantitative estimate of drug-likeness (QED) is 0.781. The molecule has 78 valence electrons. The molecule has 2 nitrogen and oxygen atoms in total. The largest absolute Gasteiger partial charge is 0.397 e. The highest BCUT2D eigenvalue weighted by Crippen LogP contribution is 2.28. The maximum Gasteiger partial charge on any atom is 0.0658 e. The van der Waals surface area contributed by atoms with E-state index in [1.54, 1.807) is 0 Å². The van der Waals surface area contributed by atoms with Gasteiger partial charge in [0.25, 0.3) is 0 Å². The fraction of sp³-hybridized carbons (Fsp3) is 0.455. The number of anilines is 2. The molecule has 0 unspecified atom stereocenters. The summed E-state index contributed by atoms with van der Waals surface area (Å²) >= 11 is 6.03. The Bertz CT molecular complexity index is 296. The molecule has 0 amide bonds. The lowest BCUT2D eigenvalue weighted by atomic mass is 10.1. The van der Waals surface area contributed by atoms with Gasteiger partial charge in [0.05, 0.1) is 10.7 Å². The highest BCUT2D eigenvalue weighted by molar-refractivity contribution is 6.33. The molecule has 0 spiro atoms. The standard InChI is InChI=1S/C11H17ClN2/c1-4-14(5-2)9-6-8(3)11(13)10(12)7-9/h6-7H,4-5,13H2,1-3H3. The number of hydrogen-bond acceptors (Lipinski definition) is 2. The molecule has 0 saturated carbocycles. The molecule has 0 heterocycles. The predicted molar refractivity (Wildman–Crippen MR) is 64.2 cm³/mol. The zero-order valence-electron chi connectivity index (χ0n) is 8.97. The Balaban J connectivity index is 3.11. The van der Waals surface area contributed by atoms with Crippen molar-refractivity contribution in [2.75, 3.05) is 23.7 Å². The van der Waals surface area contributed by atoms with Gasteiger partial charge < -0.3 is 10.6 Å². The number of benzene rings is 1. The van der Waals surface area contributed by atoms with Crippen molar-refractivity contribution < 1.29 is 0 Å². The van der Waals surface area contributed by atoms with Gasteiger partial charge in [0, 0.05) is 18.8 Å². The van der Waals surface area contributed by atoms with Crippen LogP contribution in [0.3, 0.4) is 0 Å². The number of nitrogens with zero attached hydrogens (tertiary/aromatic N) is 1. The van der Waals surface area contributed by atoms with Gasteiger partial charge in [-0.15, -0.1) is 0 Å². The van der Waals surface area contributed by atoms with E-state index < -0.39 is 0 Å². The summed E-state index contributed by atoms with van der Waals surface area (Å²) in [5, 5.41) is 0.645. The molecule has 1 rings (SSSR count). The van der Waals surface area contributed by atoms with Crippen LogP contribution in [0.5, 0.6) is 0 Å². The van der Waals surface area contributed by atoms with E-state index in [2.05, 4.69) is 24.8 Å². The Morgan fingerprint density at radius 1 is 1.29 bits per heavy atom. The highest BCUT2D eigenvalue weighted by atomic mass is 35.5. The first-order valence-electron chi connectivity index (χ1n) is 4.90. The van der Waals surface area contributed by atoms with E-state index >= 15 is 0 Å². The summed E-state index contributed by atoms with van der Waals surface area (Å²) in [6, 6.07) is 4.01. The third-order valence-corrected chi connectivity index (χ3v) is 2.76. The summed E-state index contributed by atoms with van der Waals surface area (Å²) in [4.78, 5) is 2.25. The number of aryl methyl sites for hydroxylation is 1. The van der Waals surface area contributed by atoms with Gasteiger partial charge >= 0.3 is 0 Å². The van der Waals surface area contributed by atoms with Crippen LogP contribution in [0.4, 0.5) is 11.4 Å². The van der Waals surface area contributed by atoms with Crippen molar-refractivity contribution in [1.82, 2.24) is 0 Å². The van der Waals surface area contributed by atoms with Gasteiger partial charge in [-0.1, -0.05) is 11.6 Å². The van der Waals surface area contributed by atoms with Gasteiger partial charge in [-0.3, -0.25) is 0 Å². The van der Waals surface area contributed by atoms with Gasteiger partial charge in [-0.2, -0.15) is 0 Å². The first-order valence-corrected chi connectivity index (χ1v) is 5.28. The Hall–Kier alpha value is -0.890. The summed E-state index contributed by atoms with van der Waals surface area (Å²) in [6.07, 6.45) is 0. The van der Waals surface area contributed by atoms with Gasteiger partial charge in [0.2, 0.25) is 0 Å². The first-order chi connectivity index (χ1) is 6.60. The van der Waals surface area contributed by atoms with E-state index in [-0.39, 0.29) is 0 Å². The molecule has 2 N–H and O–H groups in total. The normalized spacial score (nSPS) is 10.3. The minimum atomic E-state index is 0.645.